The fraction of sp³-hybridized carbons (Fsp3) is 0.333. The molecule has 1 fully saturated rings. The average Bonchev–Trinajstić information content (AvgIpc) is 2.47. The number of hydrogen-bond acceptors (Lipinski definition) is 2. The van der Waals surface area contributed by atoms with Crippen molar-refractivity contribution in [2.24, 2.45) is 0 Å². The van der Waals surface area contributed by atoms with Crippen LogP contribution in [0.2, 0.25) is 5.02 Å². The molecule has 1 aromatic carbocycles. The molecule has 0 N–H and O–H groups in total. The molecule has 1 aliphatic rings. The second-order valence-corrected chi connectivity index (χ2v) is 5.27. The Labute approximate surface area is 117 Å². The summed E-state index contributed by atoms with van der Waals surface area (Å²) in [5.41, 5.74) is 1.19. The molecule has 98 valence electrons. The largest absolute Gasteiger partial charge is 0.337 e. The van der Waals surface area contributed by atoms with E-state index in [0.717, 1.165) is 31.3 Å². The van der Waals surface area contributed by atoms with Gasteiger partial charge in [0.2, 0.25) is 0 Å². The number of fused-ring (bicyclic) bond motifs is 1. The lowest BCUT2D eigenvalue weighted by Crippen LogP contribution is -2.36. The van der Waals surface area contributed by atoms with E-state index < -0.39 is 0 Å². The molecule has 3 rings (SSSR count). The smallest absolute Gasteiger partial charge is 0.272 e. The number of pyridine rings is 1. The highest BCUT2D eigenvalue weighted by Gasteiger charge is 2.19. The van der Waals surface area contributed by atoms with Crippen LogP contribution in [0.3, 0.4) is 0 Å². The Morgan fingerprint density at radius 3 is 2.68 bits per heavy atom. The molecule has 0 spiro atoms. The maximum atomic E-state index is 12.4. The van der Waals surface area contributed by atoms with Crippen LogP contribution in [-0.4, -0.2) is 28.9 Å². The first-order valence-electron chi connectivity index (χ1n) is 6.60. The summed E-state index contributed by atoms with van der Waals surface area (Å²) in [5.74, 6) is 0.0153. The lowest BCUT2D eigenvalue weighted by Gasteiger charge is -2.26. The van der Waals surface area contributed by atoms with Crippen LogP contribution in [-0.2, 0) is 0 Å². The fourth-order valence-electron chi connectivity index (χ4n) is 2.49. The van der Waals surface area contributed by atoms with Gasteiger partial charge in [-0.15, -0.1) is 0 Å². The lowest BCUT2D eigenvalue weighted by atomic mass is 10.1. The summed E-state index contributed by atoms with van der Waals surface area (Å²) in [7, 11) is 0. The number of amides is 1. The van der Waals surface area contributed by atoms with Crippen molar-refractivity contribution < 1.29 is 4.79 Å². The SMILES string of the molecule is O=C(c1ccc2cccc(Cl)c2n1)N1CCCCC1. The highest BCUT2D eigenvalue weighted by molar-refractivity contribution is 6.35. The van der Waals surface area contributed by atoms with Crippen molar-refractivity contribution in [1.82, 2.24) is 9.88 Å². The second kappa shape index (κ2) is 5.17. The molecule has 4 heteroatoms. The topological polar surface area (TPSA) is 33.2 Å². The van der Waals surface area contributed by atoms with Crippen LogP contribution in [0, 0.1) is 0 Å². The number of likely N-dealkylation sites (tertiary alicyclic amines) is 1. The van der Waals surface area contributed by atoms with Gasteiger partial charge in [-0.1, -0.05) is 29.8 Å². The molecule has 0 bridgehead atoms. The van der Waals surface area contributed by atoms with E-state index >= 15 is 0 Å². The Morgan fingerprint density at radius 1 is 1.11 bits per heavy atom. The molecule has 0 atom stereocenters. The summed E-state index contributed by atoms with van der Waals surface area (Å²) in [4.78, 5) is 18.7. The molecule has 1 aromatic heterocycles. The van der Waals surface area contributed by atoms with Gasteiger partial charge in [0.15, 0.2) is 0 Å². The summed E-state index contributed by atoms with van der Waals surface area (Å²) in [6.07, 6.45) is 3.38. The van der Waals surface area contributed by atoms with Crippen LogP contribution in [0.15, 0.2) is 30.3 Å². The summed E-state index contributed by atoms with van der Waals surface area (Å²) < 4.78 is 0. The van der Waals surface area contributed by atoms with Crippen LogP contribution in [0.1, 0.15) is 29.8 Å². The third-order valence-electron chi connectivity index (χ3n) is 3.53. The first-order chi connectivity index (χ1) is 9.25. The van der Waals surface area contributed by atoms with Gasteiger partial charge >= 0.3 is 0 Å². The predicted octanol–water partition coefficient (Wildman–Crippen LogP) is 3.51. The van der Waals surface area contributed by atoms with Gasteiger partial charge in [0, 0.05) is 18.5 Å². The van der Waals surface area contributed by atoms with Gasteiger partial charge in [0.1, 0.15) is 5.69 Å². The zero-order valence-corrected chi connectivity index (χ0v) is 11.4. The van der Waals surface area contributed by atoms with Gasteiger partial charge in [-0.25, -0.2) is 4.98 Å². The van der Waals surface area contributed by atoms with Gasteiger partial charge < -0.3 is 4.90 Å². The number of para-hydroxylation sites is 1. The minimum absolute atomic E-state index is 0.0153. The fourth-order valence-corrected chi connectivity index (χ4v) is 2.71. The molecule has 2 heterocycles. The van der Waals surface area contributed by atoms with Gasteiger partial charge in [0.25, 0.3) is 5.91 Å². The number of nitrogens with zero attached hydrogens (tertiary/aromatic N) is 2. The molecule has 0 aliphatic carbocycles. The third-order valence-corrected chi connectivity index (χ3v) is 3.84. The zero-order chi connectivity index (χ0) is 13.2. The second-order valence-electron chi connectivity index (χ2n) is 4.86. The minimum Gasteiger partial charge on any atom is -0.337 e. The monoisotopic (exact) mass is 274 g/mol. The van der Waals surface area contributed by atoms with Crippen molar-refractivity contribution in [3.63, 3.8) is 0 Å². The first-order valence-corrected chi connectivity index (χ1v) is 6.98. The molecular formula is C15H15ClN2O. The molecule has 0 saturated carbocycles. The highest BCUT2D eigenvalue weighted by atomic mass is 35.5. The number of carbonyl (C=O) groups is 1. The van der Waals surface area contributed by atoms with E-state index in [4.69, 9.17) is 11.6 Å². The number of halogens is 1. The van der Waals surface area contributed by atoms with E-state index in [1.54, 1.807) is 12.1 Å². The van der Waals surface area contributed by atoms with E-state index in [0.29, 0.717) is 16.2 Å². The molecule has 0 radical (unpaired) electrons. The Bertz CT molecular complexity index is 621. The normalized spacial score (nSPS) is 15.7. The van der Waals surface area contributed by atoms with Crippen LogP contribution in [0.4, 0.5) is 0 Å². The van der Waals surface area contributed by atoms with Crippen molar-refractivity contribution in [2.75, 3.05) is 13.1 Å². The summed E-state index contributed by atoms with van der Waals surface area (Å²) in [5, 5.41) is 1.55. The number of aromatic nitrogens is 1. The quantitative estimate of drug-likeness (QED) is 0.797. The van der Waals surface area contributed by atoms with Crippen molar-refractivity contribution >= 4 is 28.4 Å². The Hall–Kier alpha value is -1.61. The number of hydrogen-bond donors (Lipinski definition) is 0. The van der Waals surface area contributed by atoms with Crippen LogP contribution >= 0.6 is 11.6 Å². The Balaban J connectivity index is 1.96. The molecule has 3 nitrogen and oxygen atoms in total. The molecule has 1 saturated heterocycles. The number of piperidine rings is 1. The van der Waals surface area contributed by atoms with Crippen molar-refractivity contribution in [2.45, 2.75) is 19.3 Å². The third kappa shape index (κ3) is 2.43. The van der Waals surface area contributed by atoms with Crippen molar-refractivity contribution in [3.8, 4) is 0 Å². The molecule has 1 amide bonds. The number of benzene rings is 1. The maximum absolute atomic E-state index is 12.4. The van der Waals surface area contributed by atoms with Gasteiger partial charge in [-0.05, 0) is 31.4 Å². The molecule has 1 aliphatic heterocycles. The van der Waals surface area contributed by atoms with Crippen LogP contribution < -0.4 is 0 Å². The van der Waals surface area contributed by atoms with Crippen molar-refractivity contribution in [1.29, 1.82) is 0 Å². The maximum Gasteiger partial charge on any atom is 0.272 e. The zero-order valence-electron chi connectivity index (χ0n) is 10.6. The van der Waals surface area contributed by atoms with E-state index in [-0.39, 0.29) is 5.91 Å². The molecule has 2 aromatic rings. The van der Waals surface area contributed by atoms with Gasteiger partial charge in [-0.2, -0.15) is 0 Å². The molecule has 19 heavy (non-hydrogen) atoms. The summed E-state index contributed by atoms with van der Waals surface area (Å²) in [6.45, 7) is 1.67. The average molecular weight is 275 g/mol. The molecular weight excluding hydrogens is 260 g/mol. The Kier molecular flexibility index (Phi) is 3.38. The van der Waals surface area contributed by atoms with E-state index in [1.165, 1.54) is 6.42 Å². The van der Waals surface area contributed by atoms with Crippen LogP contribution in [0.25, 0.3) is 10.9 Å². The summed E-state index contributed by atoms with van der Waals surface area (Å²) in [6, 6.07) is 9.33. The van der Waals surface area contributed by atoms with Crippen LogP contribution in [0.5, 0.6) is 0 Å². The van der Waals surface area contributed by atoms with Crippen molar-refractivity contribution in [3.05, 3.63) is 41.0 Å². The van der Waals surface area contributed by atoms with E-state index in [1.807, 2.05) is 23.1 Å². The summed E-state index contributed by atoms with van der Waals surface area (Å²) >= 11 is 6.13. The standard InChI is InChI=1S/C15H15ClN2O/c16-12-6-4-5-11-7-8-13(17-14(11)12)15(19)18-9-2-1-3-10-18/h4-8H,1-3,9-10H2. The molecule has 0 unspecified atom stereocenters. The predicted molar refractivity (Wildman–Crippen MR) is 76.5 cm³/mol. The highest BCUT2D eigenvalue weighted by Crippen LogP contribution is 2.22. The van der Waals surface area contributed by atoms with Gasteiger partial charge in [0.05, 0.1) is 10.5 Å². The first kappa shape index (κ1) is 12.4. The Morgan fingerprint density at radius 2 is 1.89 bits per heavy atom. The van der Waals surface area contributed by atoms with E-state index in [9.17, 15) is 4.79 Å². The number of rotatable bonds is 1. The lowest BCUT2D eigenvalue weighted by molar-refractivity contribution is 0.0719. The number of carbonyl (C=O) groups excluding carboxylic acids is 1. The van der Waals surface area contributed by atoms with Gasteiger partial charge in [-0.3, -0.25) is 4.79 Å². The van der Waals surface area contributed by atoms with E-state index in [2.05, 4.69) is 4.98 Å². The minimum atomic E-state index is 0.0153.